The van der Waals surface area contributed by atoms with Gasteiger partial charge in [0.15, 0.2) is 11.5 Å². The average molecular weight is 400 g/mol. The lowest BCUT2D eigenvalue weighted by molar-refractivity contribution is 0.750. The molecule has 0 radical (unpaired) electrons. The van der Waals surface area contributed by atoms with Crippen molar-refractivity contribution in [2.75, 3.05) is 29.9 Å². The Kier molecular flexibility index (Phi) is 5.03. The Hall–Kier alpha value is -3.45. The highest BCUT2D eigenvalue weighted by molar-refractivity contribution is 5.83. The highest BCUT2D eigenvalue weighted by Gasteiger charge is 2.23. The third kappa shape index (κ3) is 3.71. The third-order valence-electron chi connectivity index (χ3n) is 5.66. The third-order valence-corrected chi connectivity index (χ3v) is 5.66. The van der Waals surface area contributed by atoms with E-state index in [1.54, 1.807) is 6.33 Å². The van der Waals surface area contributed by atoms with Crippen molar-refractivity contribution >= 4 is 22.9 Å². The van der Waals surface area contributed by atoms with Gasteiger partial charge in [-0.2, -0.15) is 9.97 Å². The predicted octanol–water partition coefficient (Wildman–Crippen LogP) is 3.13. The minimum atomic E-state index is 0.167. The summed E-state index contributed by atoms with van der Waals surface area (Å²) in [6.45, 7) is 2.34. The number of rotatable bonds is 6. The van der Waals surface area contributed by atoms with Gasteiger partial charge in [0.1, 0.15) is 5.52 Å². The smallest absolute Gasteiger partial charge is 0.229 e. The van der Waals surface area contributed by atoms with Gasteiger partial charge in [-0.15, -0.1) is 0 Å². The summed E-state index contributed by atoms with van der Waals surface area (Å²) in [5.41, 5.74) is 10.1. The standard InChI is InChI=1S/C23H25N7/c24-18-11-12-30(14-18)23-28-21(20-22(29-23)27-15-26-20)25-13-19(16-7-3-1-4-8-16)17-9-5-2-6-10-17/h1-10,15,18-19H,11-14,24H2,(H2,25,26,27,28,29)/t18-/m1/s1. The first-order valence-corrected chi connectivity index (χ1v) is 10.3. The van der Waals surface area contributed by atoms with Crippen molar-refractivity contribution < 1.29 is 0 Å². The molecular weight excluding hydrogens is 374 g/mol. The molecule has 5 rings (SSSR count). The van der Waals surface area contributed by atoms with Crippen LogP contribution in [0.25, 0.3) is 11.2 Å². The van der Waals surface area contributed by atoms with E-state index in [9.17, 15) is 0 Å². The molecule has 1 aliphatic rings. The van der Waals surface area contributed by atoms with Crippen LogP contribution in [0.2, 0.25) is 0 Å². The largest absolute Gasteiger partial charge is 0.367 e. The number of nitrogens with one attached hydrogen (secondary N) is 2. The Morgan fingerprint density at radius 1 is 1.03 bits per heavy atom. The van der Waals surface area contributed by atoms with E-state index in [0.29, 0.717) is 18.1 Å². The van der Waals surface area contributed by atoms with Crippen molar-refractivity contribution in [2.45, 2.75) is 18.4 Å². The van der Waals surface area contributed by atoms with Gasteiger partial charge in [0.05, 0.1) is 6.33 Å². The van der Waals surface area contributed by atoms with Gasteiger partial charge in [0.25, 0.3) is 0 Å². The van der Waals surface area contributed by atoms with Crippen LogP contribution in [-0.2, 0) is 0 Å². The zero-order chi connectivity index (χ0) is 20.3. The van der Waals surface area contributed by atoms with Gasteiger partial charge in [-0.1, -0.05) is 60.7 Å². The molecule has 0 saturated carbocycles. The van der Waals surface area contributed by atoms with Gasteiger partial charge in [0, 0.05) is 31.6 Å². The maximum Gasteiger partial charge on any atom is 0.229 e. The number of hydrogen-bond acceptors (Lipinski definition) is 6. The van der Waals surface area contributed by atoms with Crippen LogP contribution in [0.4, 0.5) is 11.8 Å². The van der Waals surface area contributed by atoms with Crippen molar-refractivity contribution in [1.82, 2.24) is 19.9 Å². The van der Waals surface area contributed by atoms with E-state index < -0.39 is 0 Å². The number of aromatic amines is 1. The van der Waals surface area contributed by atoms with E-state index in [1.165, 1.54) is 11.1 Å². The normalized spacial score (nSPS) is 16.5. The molecular formula is C23H25N7. The summed E-state index contributed by atoms with van der Waals surface area (Å²) in [7, 11) is 0. The molecule has 152 valence electrons. The molecule has 1 atom stereocenters. The second-order valence-corrected chi connectivity index (χ2v) is 7.72. The van der Waals surface area contributed by atoms with Crippen LogP contribution in [0.5, 0.6) is 0 Å². The van der Waals surface area contributed by atoms with Gasteiger partial charge in [-0.05, 0) is 17.5 Å². The molecule has 3 heterocycles. The number of fused-ring (bicyclic) bond motifs is 1. The second kappa shape index (κ2) is 8.12. The summed E-state index contributed by atoms with van der Waals surface area (Å²) in [6, 6.07) is 21.3. The lowest BCUT2D eigenvalue weighted by Crippen LogP contribution is -2.28. The van der Waals surface area contributed by atoms with E-state index in [0.717, 1.165) is 30.8 Å². The number of benzene rings is 2. The molecule has 4 aromatic rings. The van der Waals surface area contributed by atoms with Crippen LogP contribution in [-0.4, -0.2) is 45.6 Å². The summed E-state index contributed by atoms with van der Waals surface area (Å²) < 4.78 is 0. The number of imidazole rings is 1. The van der Waals surface area contributed by atoms with Crippen molar-refractivity contribution in [3.63, 3.8) is 0 Å². The lowest BCUT2D eigenvalue weighted by Gasteiger charge is -2.21. The quantitative estimate of drug-likeness (QED) is 0.461. The Balaban J connectivity index is 1.46. The molecule has 4 N–H and O–H groups in total. The molecule has 1 saturated heterocycles. The molecule has 1 fully saturated rings. The van der Waals surface area contributed by atoms with Crippen LogP contribution in [0.1, 0.15) is 23.5 Å². The molecule has 0 aliphatic carbocycles. The van der Waals surface area contributed by atoms with Crippen molar-refractivity contribution in [2.24, 2.45) is 5.73 Å². The Morgan fingerprint density at radius 3 is 2.37 bits per heavy atom. The minimum absolute atomic E-state index is 0.167. The molecule has 2 aromatic heterocycles. The van der Waals surface area contributed by atoms with Crippen LogP contribution in [0.15, 0.2) is 67.0 Å². The Morgan fingerprint density at radius 2 is 1.73 bits per heavy atom. The zero-order valence-electron chi connectivity index (χ0n) is 16.7. The van der Waals surface area contributed by atoms with Gasteiger partial charge in [-0.25, -0.2) is 4.98 Å². The highest BCUT2D eigenvalue weighted by atomic mass is 15.3. The average Bonchev–Trinajstić information content (AvgIpc) is 3.44. The van der Waals surface area contributed by atoms with Gasteiger partial charge in [-0.3, -0.25) is 0 Å². The van der Waals surface area contributed by atoms with Crippen LogP contribution in [0.3, 0.4) is 0 Å². The first-order chi connectivity index (χ1) is 14.8. The molecule has 7 heteroatoms. The molecule has 7 nitrogen and oxygen atoms in total. The van der Waals surface area contributed by atoms with Crippen LogP contribution in [0, 0.1) is 0 Å². The van der Waals surface area contributed by atoms with Gasteiger partial charge in [0.2, 0.25) is 5.95 Å². The van der Waals surface area contributed by atoms with Gasteiger partial charge < -0.3 is 20.9 Å². The first kappa shape index (κ1) is 18.6. The van der Waals surface area contributed by atoms with E-state index in [2.05, 4.69) is 73.7 Å². The minimum Gasteiger partial charge on any atom is -0.367 e. The molecule has 0 amide bonds. The number of hydrogen-bond donors (Lipinski definition) is 3. The number of nitrogens with two attached hydrogens (primary N) is 1. The van der Waals surface area contributed by atoms with Crippen LogP contribution < -0.4 is 16.0 Å². The SMILES string of the molecule is N[C@@H]1CCN(c2nc(NCC(c3ccccc3)c3ccccc3)c3[nH]cnc3n2)C1. The zero-order valence-corrected chi connectivity index (χ0v) is 16.7. The van der Waals surface area contributed by atoms with Crippen molar-refractivity contribution in [3.8, 4) is 0 Å². The summed E-state index contributed by atoms with van der Waals surface area (Å²) in [4.78, 5) is 19.1. The summed E-state index contributed by atoms with van der Waals surface area (Å²) >= 11 is 0. The second-order valence-electron chi connectivity index (χ2n) is 7.72. The van der Waals surface area contributed by atoms with E-state index >= 15 is 0 Å². The van der Waals surface area contributed by atoms with Crippen LogP contribution >= 0.6 is 0 Å². The molecule has 0 bridgehead atoms. The maximum atomic E-state index is 6.09. The lowest BCUT2D eigenvalue weighted by atomic mass is 9.91. The molecule has 2 aromatic carbocycles. The van der Waals surface area contributed by atoms with E-state index in [-0.39, 0.29) is 12.0 Å². The predicted molar refractivity (Wildman–Crippen MR) is 120 cm³/mol. The van der Waals surface area contributed by atoms with E-state index in [1.807, 2.05) is 12.1 Å². The highest BCUT2D eigenvalue weighted by Crippen LogP contribution is 2.27. The van der Waals surface area contributed by atoms with Crippen molar-refractivity contribution in [3.05, 3.63) is 78.1 Å². The Bertz CT molecular complexity index is 1070. The topological polar surface area (TPSA) is 95.8 Å². The fraction of sp³-hybridized carbons (Fsp3) is 0.261. The maximum absolute atomic E-state index is 6.09. The Labute approximate surface area is 175 Å². The molecule has 1 aliphatic heterocycles. The fourth-order valence-electron chi connectivity index (χ4n) is 4.06. The number of H-pyrrole nitrogens is 1. The number of aromatic nitrogens is 4. The first-order valence-electron chi connectivity index (χ1n) is 10.3. The monoisotopic (exact) mass is 399 g/mol. The van der Waals surface area contributed by atoms with Crippen molar-refractivity contribution in [1.29, 1.82) is 0 Å². The van der Waals surface area contributed by atoms with Gasteiger partial charge >= 0.3 is 0 Å². The fourth-order valence-corrected chi connectivity index (χ4v) is 4.06. The molecule has 30 heavy (non-hydrogen) atoms. The molecule has 0 unspecified atom stereocenters. The summed E-state index contributed by atoms with van der Waals surface area (Å²) in [6.07, 6.45) is 2.62. The van der Waals surface area contributed by atoms with E-state index in [4.69, 9.17) is 10.7 Å². The molecule has 0 spiro atoms. The number of nitrogens with zero attached hydrogens (tertiary/aromatic N) is 4. The number of anilines is 2. The summed E-state index contributed by atoms with van der Waals surface area (Å²) in [5, 5.41) is 3.57. The summed E-state index contributed by atoms with van der Waals surface area (Å²) in [5.74, 6) is 1.65.